The fourth-order valence-electron chi connectivity index (χ4n) is 2.46. The first kappa shape index (κ1) is 15.9. The summed E-state index contributed by atoms with van der Waals surface area (Å²) < 4.78 is 11.7. The van der Waals surface area contributed by atoms with E-state index in [0.717, 1.165) is 24.5 Å². The first-order chi connectivity index (χ1) is 9.67. The lowest BCUT2D eigenvalue weighted by Crippen LogP contribution is -2.18. The van der Waals surface area contributed by atoms with Crippen LogP contribution in [0, 0.1) is 5.41 Å². The Hall–Kier alpha value is -1.44. The van der Waals surface area contributed by atoms with E-state index in [1.165, 1.54) is 5.56 Å². The van der Waals surface area contributed by atoms with Crippen molar-refractivity contribution in [2.45, 2.75) is 59.5 Å². The van der Waals surface area contributed by atoms with Crippen molar-refractivity contribution in [1.29, 1.82) is 0 Å². The predicted octanol–water partition coefficient (Wildman–Crippen LogP) is 5.12. The van der Waals surface area contributed by atoms with E-state index in [2.05, 4.69) is 59.8 Å². The second-order valence-electron chi connectivity index (χ2n) is 7.85. The smallest absolute Gasteiger partial charge is 0.126 e. The minimum Gasteiger partial charge on any atom is -0.492 e. The van der Waals surface area contributed by atoms with Gasteiger partial charge in [0.15, 0.2) is 0 Å². The molecule has 0 spiro atoms. The van der Waals surface area contributed by atoms with Crippen LogP contribution in [0.1, 0.15) is 53.5 Å². The van der Waals surface area contributed by atoms with Crippen molar-refractivity contribution in [3.8, 4) is 11.5 Å². The zero-order valence-electron chi connectivity index (χ0n) is 14.2. The largest absolute Gasteiger partial charge is 0.492 e. The summed E-state index contributed by atoms with van der Waals surface area (Å²) in [6, 6.07) is 6.19. The molecule has 2 heteroatoms. The van der Waals surface area contributed by atoms with Gasteiger partial charge in [-0.25, -0.2) is 0 Å². The van der Waals surface area contributed by atoms with Crippen LogP contribution < -0.4 is 9.47 Å². The molecule has 0 aromatic heterocycles. The SMILES string of the molecule is CC(/C=C/CC(C)(C)C)Oc1ccc2c(c1)OCC2(C)C. The van der Waals surface area contributed by atoms with Crippen LogP contribution in [-0.4, -0.2) is 12.7 Å². The Labute approximate surface area is 129 Å². The fourth-order valence-corrected chi connectivity index (χ4v) is 2.46. The van der Waals surface area contributed by atoms with Gasteiger partial charge in [-0.05, 0) is 30.9 Å². The van der Waals surface area contributed by atoms with Crippen molar-refractivity contribution in [1.82, 2.24) is 0 Å². The number of ether oxygens (including phenoxy) is 2. The van der Waals surface area contributed by atoms with E-state index in [9.17, 15) is 0 Å². The van der Waals surface area contributed by atoms with Crippen molar-refractivity contribution in [3.63, 3.8) is 0 Å². The summed E-state index contributed by atoms with van der Waals surface area (Å²) in [6.45, 7) is 13.9. The first-order valence-electron chi connectivity index (χ1n) is 7.78. The van der Waals surface area contributed by atoms with Gasteiger partial charge < -0.3 is 9.47 Å². The van der Waals surface area contributed by atoms with Crippen LogP contribution in [-0.2, 0) is 5.41 Å². The Bertz CT molecular complexity index is 521. The molecule has 2 rings (SSSR count). The lowest BCUT2D eigenvalue weighted by atomic mass is 9.87. The van der Waals surface area contributed by atoms with E-state index in [1.54, 1.807) is 0 Å². The van der Waals surface area contributed by atoms with Crippen LogP contribution in [0.25, 0.3) is 0 Å². The zero-order valence-corrected chi connectivity index (χ0v) is 14.2. The molecule has 1 atom stereocenters. The van der Waals surface area contributed by atoms with Crippen LogP contribution >= 0.6 is 0 Å². The monoisotopic (exact) mass is 288 g/mol. The minimum absolute atomic E-state index is 0.0693. The first-order valence-corrected chi connectivity index (χ1v) is 7.78. The molecule has 21 heavy (non-hydrogen) atoms. The molecule has 0 saturated carbocycles. The maximum absolute atomic E-state index is 5.96. The minimum atomic E-state index is 0.0693. The molecule has 0 saturated heterocycles. The number of hydrogen-bond acceptors (Lipinski definition) is 2. The zero-order chi connectivity index (χ0) is 15.7. The molecule has 0 bridgehead atoms. The summed E-state index contributed by atoms with van der Waals surface area (Å²) in [7, 11) is 0. The summed E-state index contributed by atoms with van der Waals surface area (Å²) in [6.07, 6.45) is 5.46. The highest BCUT2D eigenvalue weighted by Gasteiger charge is 2.31. The van der Waals surface area contributed by atoms with E-state index in [-0.39, 0.29) is 11.5 Å². The molecule has 0 fully saturated rings. The second kappa shape index (κ2) is 5.75. The van der Waals surface area contributed by atoms with Gasteiger partial charge in [-0.1, -0.05) is 46.8 Å². The predicted molar refractivity (Wildman–Crippen MR) is 88.3 cm³/mol. The summed E-state index contributed by atoms with van der Waals surface area (Å²) >= 11 is 0. The van der Waals surface area contributed by atoms with E-state index >= 15 is 0 Å². The van der Waals surface area contributed by atoms with Crippen LogP contribution in [0.5, 0.6) is 11.5 Å². The molecule has 0 radical (unpaired) electrons. The lowest BCUT2D eigenvalue weighted by Gasteiger charge is -2.17. The molecule has 0 N–H and O–H groups in total. The Kier molecular flexibility index (Phi) is 4.36. The Morgan fingerprint density at radius 1 is 1.33 bits per heavy atom. The van der Waals surface area contributed by atoms with Gasteiger partial charge in [0.2, 0.25) is 0 Å². The second-order valence-corrected chi connectivity index (χ2v) is 7.85. The summed E-state index contributed by atoms with van der Waals surface area (Å²) in [5, 5.41) is 0. The Morgan fingerprint density at radius 2 is 2.05 bits per heavy atom. The van der Waals surface area contributed by atoms with Gasteiger partial charge in [0.05, 0.1) is 6.61 Å². The maximum Gasteiger partial charge on any atom is 0.126 e. The van der Waals surface area contributed by atoms with Gasteiger partial charge in [-0.15, -0.1) is 0 Å². The van der Waals surface area contributed by atoms with Crippen molar-refractivity contribution >= 4 is 0 Å². The summed E-state index contributed by atoms with van der Waals surface area (Å²) in [4.78, 5) is 0. The third kappa shape index (κ3) is 4.26. The van der Waals surface area contributed by atoms with E-state index in [0.29, 0.717) is 5.41 Å². The number of fused-ring (bicyclic) bond motifs is 1. The number of rotatable bonds is 4. The van der Waals surface area contributed by atoms with Crippen molar-refractivity contribution in [3.05, 3.63) is 35.9 Å². The van der Waals surface area contributed by atoms with E-state index in [1.807, 2.05) is 12.1 Å². The van der Waals surface area contributed by atoms with Crippen LogP contribution in [0.4, 0.5) is 0 Å². The Morgan fingerprint density at radius 3 is 2.71 bits per heavy atom. The number of hydrogen-bond donors (Lipinski definition) is 0. The molecule has 1 unspecified atom stereocenters. The maximum atomic E-state index is 5.96. The molecular formula is C19H28O2. The number of benzene rings is 1. The normalized spacial score (nSPS) is 18.4. The van der Waals surface area contributed by atoms with Gasteiger partial charge in [0.1, 0.15) is 17.6 Å². The molecule has 0 aliphatic carbocycles. The highest BCUT2D eigenvalue weighted by atomic mass is 16.5. The molecule has 2 nitrogen and oxygen atoms in total. The van der Waals surface area contributed by atoms with Gasteiger partial charge in [-0.3, -0.25) is 0 Å². The van der Waals surface area contributed by atoms with Crippen molar-refractivity contribution in [2.24, 2.45) is 5.41 Å². The third-order valence-electron chi connectivity index (χ3n) is 3.73. The summed E-state index contributed by atoms with van der Waals surface area (Å²) in [5.41, 5.74) is 1.70. The lowest BCUT2D eigenvalue weighted by molar-refractivity contribution is 0.265. The Balaban J connectivity index is 1.98. The van der Waals surface area contributed by atoms with Gasteiger partial charge >= 0.3 is 0 Å². The highest BCUT2D eigenvalue weighted by Crippen LogP contribution is 2.40. The van der Waals surface area contributed by atoms with Crippen molar-refractivity contribution < 1.29 is 9.47 Å². The quantitative estimate of drug-likeness (QED) is 0.716. The molecule has 1 aliphatic rings. The van der Waals surface area contributed by atoms with E-state index < -0.39 is 0 Å². The third-order valence-corrected chi connectivity index (χ3v) is 3.73. The van der Waals surface area contributed by atoms with Crippen molar-refractivity contribution in [2.75, 3.05) is 6.61 Å². The standard InChI is InChI=1S/C19H28O2/c1-14(8-7-11-18(2,3)4)21-15-9-10-16-17(12-15)20-13-19(16,5)6/h7-10,12,14H,11,13H2,1-6H3/b8-7+. The van der Waals surface area contributed by atoms with Gasteiger partial charge in [0, 0.05) is 17.0 Å². The van der Waals surface area contributed by atoms with Gasteiger partial charge in [0.25, 0.3) is 0 Å². The molecular weight excluding hydrogens is 260 g/mol. The average molecular weight is 288 g/mol. The molecule has 1 aromatic carbocycles. The number of allylic oxidation sites excluding steroid dienone is 1. The van der Waals surface area contributed by atoms with Crippen LogP contribution in [0.15, 0.2) is 30.4 Å². The van der Waals surface area contributed by atoms with E-state index in [4.69, 9.17) is 9.47 Å². The van der Waals surface area contributed by atoms with Gasteiger partial charge in [-0.2, -0.15) is 0 Å². The van der Waals surface area contributed by atoms with Crippen LogP contribution in [0.2, 0.25) is 0 Å². The summed E-state index contributed by atoms with van der Waals surface area (Å²) in [5.74, 6) is 1.84. The average Bonchev–Trinajstić information content (AvgIpc) is 2.63. The van der Waals surface area contributed by atoms with Crippen LogP contribution in [0.3, 0.4) is 0 Å². The molecule has 1 heterocycles. The molecule has 116 valence electrons. The highest BCUT2D eigenvalue weighted by molar-refractivity contribution is 5.47. The molecule has 1 aromatic rings. The molecule has 1 aliphatic heterocycles. The topological polar surface area (TPSA) is 18.5 Å². The fraction of sp³-hybridized carbons (Fsp3) is 0.579. The molecule has 0 amide bonds.